The van der Waals surface area contributed by atoms with Gasteiger partial charge in [-0.15, -0.1) is 0 Å². The number of hydrogen-bond acceptors (Lipinski definition) is 2. The molecular formula is C18H20O2Si. The normalized spacial score (nSPS) is 18.4. The average molecular weight is 296 g/mol. The van der Waals surface area contributed by atoms with Gasteiger partial charge in [0.25, 0.3) is 0 Å². The molecule has 108 valence electrons. The number of hydrogen-bond donors (Lipinski definition) is 0. The van der Waals surface area contributed by atoms with Crippen LogP contribution in [0.4, 0.5) is 0 Å². The van der Waals surface area contributed by atoms with Crippen LogP contribution in [-0.2, 0) is 8.85 Å². The molecule has 0 radical (unpaired) electrons. The van der Waals surface area contributed by atoms with E-state index in [1.54, 1.807) is 0 Å². The first-order valence-corrected chi connectivity index (χ1v) is 10.1. The SMILES string of the molecule is C[Si]1(C)OCC(c2ccccc2)=C(c2ccccc2)CO1. The molecule has 2 aromatic carbocycles. The van der Waals surface area contributed by atoms with E-state index in [4.69, 9.17) is 8.85 Å². The topological polar surface area (TPSA) is 18.5 Å². The van der Waals surface area contributed by atoms with Crippen LogP contribution >= 0.6 is 0 Å². The lowest BCUT2D eigenvalue weighted by Gasteiger charge is -2.19. The maximum atomic E-state index is 6.07. The third kappa shape index (κ3) is 3.32. The summed E-state index contributed by atoms with van der Waals surface area (Å²) in [6, 6.07) is 20.9. The van der Waals surface area contributed by atoms with Crippen LogP contribution in [0.3, 0.4) is 0 Å². The molecule has 0 fully saturated rings. The second-order valence-corrected chi connectivity index (χ2v) is 9.04. The van der Waals surface area contributed by atoms with Crippen LogP contribution < -0.4 is 0 Å². The summed E-state index contributed by atoms with van der Waals surface area (Å²) in [7, 11) is -2.03. The zero-order valence-electron chi connectivity index (χ0n) is 12.5. The molecule has 0 spiro atoms. The molecule has 1 heterocycles. The van der Waals surface area contributed by atoms with E-state index in [0.29, 0.717) is 13.2 Å². The molecule has 2 aromatic rings. The Morgan fingerprint density at radius 2 is 1.05 bits per heavy atom. The van der Waals surface area contributed by atoms with Crippen molar-refractivity contribution in [1.82, 2.24) is 0 Å². The van der Waals surface area contributed by atoms with E-state index in [0.717, 1.165) is 0 Å². The van der Waals surface area contributed by atoms with Gasteiger partial charge in [-0.2, -0.15) is 0 Å². The first-order chi connectivity index (χ1) is 10.2. The van der Waals surface area contributed by atoms with Crippen molar-refractivity contribution in [2.75, 3.05) is 13.2 Å². The van der Waals surface area contributed by atoms with Crippen molar-refractivity contribution in [3.05, 3.63) is 71.8 Å². The van der Waals surface area contributed by atoms with Crippen molar-refractivity contribution in [3.8, 4) is 0 Å². The Labute approximate surface area is 127 Å². The van der Waals surface area contributed by atoms with Crippen LogP contribution in [0.5, 0.6) is 0 Å². The van der Waals surface area contributed by atoms with Crippen molar-refractivity contribution in [3.63, 3.8) is 0 Å². The van der Waals surface area contributed by atoms with E-state index in [9.17, 15) is 0 Å². The highest BCUT2D eigenvalue weighted by molar-refractivity contribution is 6.64. The lowest BCUT2D eigenvalue weighted by atomic mass is 9.95. The Kier molecular flexibility index (Phi) is 4.06. The molecule has 1 aliphatic rings. The molecule has 0 saturated carbocycles. The fourth-order valence-electron chi connectivity index (χ4n) is 2.50. The minimum absolute atomic E-state index is 0.619. The Morgan fingerprint density at radius 3 is 1.43 bits per heavy atom. The molecule has 3 rings (SSSR count). The third-order valence-electron chi connectivity index (χ3n) is 3.74. The van der Waals surface area contributed by atoms with Crippen LogP contribution in [0.1, 0.15) is 11.1 Å². The predicted molar refractivity (Wildman–Crippen MR) is 89.1 cm³/mol. The van der Waals surface area contributed by atoms with Gasteiger partial charge in [0.05, 0.1) is 13.2 Å². The van der Waals surface area contributed by atoms with E-state index >= 15 is 0 Å². The highest BCUT2D eigenvalue weighted by atomic mass is 28.4. The number of rotatable bonds is 2. The average Bonchev–Trinajstić information content (AvgIpc) is 2.67. The molecule has 0 bridgehead atoms. The molecule has 0 atom stereocenters. The van der Waals surface area contributed by atoms with Gasteiger partial charge in [0, 0.05) is 0 Å². The highest BCUT2D eigenvalue weighted by Crippen LogP contribution is 2.31. The largest absolute Gasteiger partial charge is 0.390 e. The monoisotopic (exact) mass is 296 g/mol. The highest BCUT2D eigenvalue weighted by Gasteiger charge is 2.29. The molecule has 1 aliphatic heterocycles. The second kappa shape index (κ2) is 5.98. The molecule has 3 heteroatoms. The maximum Gasteiger partial charge on any atom is 0.332 e. The van der Waals surface area contributed by atoms with Crippen LogP contribution in [0, 0.1) is 0 Å². The minimum atomic E-state index is -2.03. The van der Waals surface area contributed by atoms with Gasteiger partial charge < -0.3 is 8.85 Å². The van der Waals surface area contributed by atoms with Gasteiger partial charge in [0.15, 0.2) is 0 Å². The zero-order valence-corrected chi connectivity index (χ0v) is 13.5. The van der Waals surface area contributed by atoms with Crippen molar-refractivity contribution in [1.29, 1.82) is 0 Å². The van der Waals surface area contributed by atoms with Crippen LogP contribution in [0.15, 0.2) is 60.7 Å². The van der Waals surface area contributed by atoms with Crippen LogP contribution in [0.2, 0.25) is 13.1 Å². The first-order valence-electron chi connectivity index (χ1n) is 7.26. The van der Waals surface area contributed by atoms with Crippen molar-refractivity contribution in [2.45, 2.75) is 13.1 Å². The summed E-state index contributed by atoms with van der Waals surface area (Å²) in [4.78, 5) is 0. The molecule has 0 aromatic heterocycles. The Balaban J connectivity index is 2.09. The molecule has 21 heavy (non-hydrogen) atoms. The van der Waals surface area contributed by atoms with Gasteiger partial charge in [-0.25, -0.2) is 0 Å². The summed E-state index contributed by atoms with van der Waals surface area (Å²) in [5.41, 5.74) is 4.90. The summed E-state index contributed by atoms with van der Waals surface area (Å²) in [5, 5.41) is 0. The van der Waals surface area contributed by atoms with Gasteiger partial charge >= 0.3 is 8.56 Å². The van der Waals surface area contributed by atoms with E-state index in [-0.39, 0.29) is 0 Å². The van der Waals surface area contributed by atoms with Crippen molar-refractivity contribution >= 4 is 19.7 Å². The molecular weight excluding hydrogens is 276 g/mol. The van der Waals surface area contributed by atoms with Gasteiger partial charge in [-0.3, -0.25) is 0 Å². The second-order valence-electron chi connectivity index (χ2n) is 5.67. The fourth-order valence-corrected chi connectivity index (χ4v) is 3.57. The fraction of sp³-hybridized carbons (Fsp3) is 0.222. The quantitative estimate of drug-likeness (QED) is 0.767. The van der Waals surface area contributed by atoms with E-state index in [1.807, 2.05) is 12.1 Å². The molecule has 0 amide bonds. The maximum absolute atomic E-state index is 6.07. The third-order valence-corrected chi connectivity index (χ3v) is 5.42. The van der Waals surface area contributed by atoms with Crippen LogP contribution in [0.25, 0.3) is 11.1 Å². The summed E-state index contributed by atoms with van der Waals surface area (Å²) in [5.74, 6) is 0. The van der Waals surface area contributed by atoms with Gasteiger partial charge in [-0.1, -0.05) is 60.7 Å². The first kappa shape index (κ1) is 14.3. The predicted octanol–water partition coefficient (Wildman–Crippen LogP) is 4.35. The summed E-state index contributed by atoms with van der Waals surface area (Å²) in [6.45, 7) is 5.44. The lowest BCUT2D eigenvalue weighted by Crippen LogP contribution is -2.34. The minimum Gasteiger partial charge on any atom is -0.390 e. The Morgan fingerprint density at radius 1 is 0.667 bits per heavy atom. The summed E-state index contributed by atoms with van der Waals surface area (Å²) >= 11 is 0. The molecule has 0 N–H and O–H groups in total. The smallest absolute Gasteiger partial charge is 0.332 e. The van der Waals surface area contributed by atoms with Crippen LogP contribution in [-0.4, -0.2) is 21.8 Å². The molecule has 0 saturated heterocycles. The zero-order chi connectivity index (χ0) is 14.7. The Hall–Kier alpha value is -1.68. The van der Waals surface area contributed by atoms with Crippen molar-refractivity contribution in [2.24, 2.45) is 0 Å². The summed E-state index contributed by atoms with van der Waals surface area (Å²) < 4.78 is 12.1. The lowest BCUT2D eigenvalue weighted by molar-refractivity contribution is 0.227. The van der Waals surface area contributed by atoms with Gasteiger partial charge in [0.2, 0.25) is 0 Å². The van der Waals surface area contributed by atoms with E-state index < -0.39 is 8.56 Å². The Bertz CT molecular complexity index is 577. The van der Waals surface area contributed by atoms with E-state index in [1.165, 1.54) is 22.3 Å². The van der Waals surface area contributed by atoms with E-state index in [2.05, 4.69) is 61.6 Å². The molecule has 0 aliphatic carbocycles. The van der Waals surface area contributed by atoms with Crippen molar-refractivity contribution < 1.29 is 8.85 Å². The van der Waals surface area contributed by atoms with Gasteiger partial charge in [-0.05, 0) is 35.4 Å². The summed E-state index contributed by atoms with van der Waals surface area (Å²) in [6.07, 6.45) is 0. The standard InChI is InChI=1S/C18H20O2Si/c1-21(2)19-13-17(15-9-5-3-6-10-15)18(14-20-21)16-11-7-4-8-12-16/h3-12H,13-14H2,1-2H3. The molecule has 0 unspecified atom stereocenters. The molecule has 2 nitrogen and oxygen atoms in total. The number of benzene rings is 2. The van der Waals surface area contributed by atoms with Gasteiger partial charge in [0.1, 0.15) is 0 Å².